The normalized spacial score (nSPS) is 10.6. The third-order valence-corrected chi connectivity index (χ3v) is 4.18. The SMILES string of the molecule is CCOC(=O)Cc1sc(Cc2ccc(C)cc2)nc1C. The molecular weight excluding hydrogens is 270 g/mol. The van der Waals surface area contributed by atoms with Gasteiger partial charge in [0.1, 0.15) is 0 Å². The molecule has 0 aliphatic heterocycles. The van der Waals surface area contributed by atoms with Gasteiger partial charge in [0, 0.05) is 11.3 Å². The molecule has 1 aromatic carbocycles. The number of aromatic nitrogens is 1. The summed E-state index contributed by atoms with van der Waals surface area (Å²) in [6.07, 6.45) is 1.14. The van der Waals surface area contributed by atoms with Gasteiger partial charge in [-0.1, -0.05) is 29.8 Å². The molecule has 0 amide bonds. The molecule has 106 valence electrons. The van der Waals surface area contributed by atoms with Crippen LogP contribution < -0.4 is 0 Å². The molecule has 0 fully saturated rings. The highest BCUT2D eigenvalue weighted by Crippen LogP contribution is 2.21. The van der Waals surface area contributed by atoms with Crippen molar-refractivity contribution in [2.45, 2.75) is 33.6 Å². The summed E-state index contributed by atoms with van der Waals surface area (Å²) >= 11 is 1.60. The highest BCUT2D eigenvalue weighted by atomic mass is 32.1. The van der Waals surface area contributed by atoms with E-state index in [2.05, 4.69) is 36.2 Å². The molecule has 0 unspecified atom stereocenters. The van der Waals surface area contributed by atoms with Gasteiger partial charge < -0.3 is 4.74 Å². The highest BCUT2D eigenvalue weighted by molar-refractivity contribution is 7.11. The van der Waals surface area contributed by atoms with Gasteiger partial charge in [0.25, 0.3) is 0 Å². The Labute approximate surface area is 123 Å². The minimum absolute atomic E-state index is 0.180. The lowest BCUT2D eigenvalue weighted by atomic mass is 10.1. The lowest BCUT2D eigenvalue weighted by Crippen LogP contribution is -2.07. The van der Waals surface area contributed by atoms with E-state index in [9.17, 15) is 4.79 Å². The monoisotopic (exact) mass is 289 g/mol. The molecule has 0 aliphatic carbocycles. The fourth-order valence-corrected chi connectivity index (χ4v) is 3.04. The molecule has 1 heterocycles. The molecule has 2 aromatic rings. The van der Waals surface area contributed by atoms with Crippen LogP contribution in [0.4, 0.5) is 0 Å². The van der Waals surface area contributed by atoms with E-state index < -0.39 is 0 Å². The van der Waals surface area contributed by atoms with Crippen LogP contribution >= 0.6 is 11.3 Å². The van der Waals surface area contributed by atoms with Crippen molar-refractivity contribution in [2.24, 2.45) is 0 Å². The van der Waals surface area contributed by atoms with Crippen LogP contribution in [0.15, 0.2) is 24.3 Å². The largest absolute Gasteiger partial charge is 0.466 e. The third-order valence-electron chi connectivity index (χ3n) is 3.02. The van der Waals surface area contributed by atoms with Crippen LogP contribution in [-0.4, -0.2) is 17.6 Å². The Hall–Kier alpha value is -1.68. The predicted molar refractivity (Wildman–Crippen MR) is 81.2 cm³/mol. The second kappa shape index (κ2) is 6.66. The molecule has 1 aromatic heterocycles. The van der Waals surface area contributed by atoms with Gasteiger partial charge in [-0.25, -0.2) is 4.98 Å². The number of ether oxygens (including phenoxy) is 1. The van der Waals surface area contributed by atoms with Crippen molar-refractivity contribution >= 4 is 17.3 Å². The number of nitrogens with zero attached hydrogens (tertiary/aromatic N) is 1. The fourth-order valence-electron chi connectivity index (χ4n) is 1.95. The Morgan fingerprint density at radius 3 is 2.60 bits per heavy atom. The van der Waals surface area contributed by atoms with Crippen molar-refractivity contribution in [3.05, 3.63) is 51.0 Å². The number of carbonyl (C=O) groups is 1. The number of aryl methyl sites for hydroxylation is 2. The first-order valence-corrected chi connectivity index (χ1v) is 7.56. The summed E-state index contributed by atoms with van der Waals surface area (Å²) in [5.41, 5.74) is 3.43. The first kappa shape index (κ1) is 14.7. The molecule has 3 nitrogen and oxygen atoms in total. The zero-order valence-electron chi connectivity index (χ0n) is 12.1. The lowest BCUT2D eigenvalue weighted by Gasteiger charge is -1.99. The Morgan fingerprint density at radius 2 is 1.95 bits per heavy atom. The van der Waals surface area contributed by atoms with Gasteiger partial charge in [-0.05, 0) is 26.3 Å². The number of thiazole rings is 1. The summed E-state index contributed by atoms with van der Waals surface area (Å²) in [5, 5.41) is 1.05. The Morgan fingerprint density at radius 1 is 1.25 bits per heavy atom. The Balaban J connectivity index is 2.06. The molecule has 2 rings (SSSR count). The maximum absolute atomic E-state index is 11.5. The quantitative estimate of drug-likeness (QED) is 0.791. The van der Waals surface area contributed by atoms with Crippen LogP contribution in [0.2, 0.25) is 0 Å². The zero-order chi connectivity index (χ0) is 14.5. The molecule has 0 N–H and O–H groups in total. The van der Waals surface area contributed by atoms with Crippen LogP contribution in [0.5, 0.6) is 0 Å². The van der Waals surface area contributed by atoms with Crippen molar-refractivity contribution in [3.63, 3.8) is 0 Å². The van der Waals surface area contributed by atoms with Crippen molar-refractivity contribution in [1.29, 1.82) is 0 Å². The van der Waals surface area contributed by atoms with E-state index in [0.29, 0.717) is 13.0 Å². The van der Waals surface area contributed by atoms with Gasteiger partial charge in [0.05, 0.1) is 23.7 Å². The van der Waals surface area contributed by atoms with E-state index in [1.807, 2.05) is 13.8 Å². The summed E-state index contributed by atoms with van der Waals surface area (Å²) in [5.74, 6) is -0.180. The summed E-state index contributed by atoms with van der Waals surface area (Å²) in [6.45, 7) is 6.27. The number of hydrogen-bond donors (Lipinski definition) is 0. The van der Waals surface area contributed by atoms with Crippen molar-refractivity contribution in [1.82, 2.24) is 4.98 Å². The minimum Gasteiger partial charge on any atom is -0.466 e. The second-order valence-corrected chi connectivity index (χ2v) is 5.93. The first-order valence-electron chi connectivity index (χ1n) is 6.75. The van der Waals surface area contributed by atoms with Crippen LogP contribution in [0.3, 0.4) is 0 Å². The molecule has 0 saturated carbocycles. The average molecular weight is 289 g/mol. The van der Waals surface area contributed by atoms with E-state index >= 15 is 0 Å². The Kier molecular flexibility index (Phi) is 4.90. The van der Waals surface area contributed by atoms with Crippen LogP contribution in [0.1, 0.15) is 33.6 Å². The second-order valence-electron chi connectivity index (χ2n) is 4.76. The fraction of sp³-hybridized carbons (Fsp3) is 0.375. The lowest BCUT2D eigenvalue weighted by molar-refractivity contribution is -0.142. The van der Waals surface area contributed by atoms with Crippen LogP contribution in [-0.2, 0) is 22.4 Å². The topological polar surface area (TPSA) is 39.2 Å². The molecule has 20 heavy (non-hydrogen) atoms. The molecule has 0 saturated heterocycles. The van der Waals surface area contributed by atoms with E-state index in [0.717, 1.165) is 22.0 Å². The molecule has 0 radical (unpaired) electrons. The van der Waals surface area contributed by atoms with E-state index in [4.69, 9.17) is 4.74 Å². The Bertz CT molecular complexity index is 587. The highest BCUT2D eigenvalue weighted by Gasteiger charge is 2.12. The molecular formula is C16H19NO2S. The van der Waals surface area contributed by atoms with Crippen molar-refractivity contribution < 1.29 is 9.53 Å². The third kappa shape index (κ3) is 3.90. The summed E-state index contributed by atoms with van der Waals surface area (Å²) in [6, 6.07) is 8.46. The van der Waals surface area contributed by atoms with E-state index in [-0.39, 0.29) is 5.97 Å². The summed E-state index contributed by atoms with van der Waals surface area (Å²) < 4.78 is 4.98. The smallest absolute Gasteiger partial charge is 0.311 e. The molecule has 0 bridgehead atoms. The number of benzene rings is 1. The maximum atomic E-state index is 11.5. The molecule has 4 heteroatoms. The van der Waals surface area contributed by atoms with E-state index in [1.54, 1.807) is 11.3 Å². The molecule has 0 atom stereocenters. The standard InChI is InChI=1S/C16H19NO2S/c1-4-19-16(18)10-14-12(3)17-15(20-14)9-13-7-5-11(2)6-8-13/h5-8H,4,9-10H2,1-3H3. The minimum atomic E-state index is -0.180. The van der Waals surface area contributed by atoms with Gasteiger partial charge in [-0.3, -0.25) is 4.79 Å². The maximum Gasteiger partial charge on any atom is 0.311 e. The number of hydrogen-bond acceptors (Lipinski definition) is 4. The summed E-state index contributed by atoms with van der Waals surface area (Å²) in [7, 11) is 0. The number of carbonyl (C=O) groups excluding carboxylic acids is 1. The first-order chi connectivity index (χ1) is 9.58. The van der Waals surface area contributed by atoms with Crippen LogP contribution in [0, 0.1) is 13.8 Å². The van der Waals surface area contributed by atoms with Gasteiger partial charge >= 0.3 is 5.97 Å². The molecule has 0 aliphatic rings. The van der Waals surface area contributed by atoms with Gasteiger partial charge in [0.2, 0.25) is 0 Å². The van der Waals surface area contributed by atoms with Crippen molar-refractivity contribution in [3.8, 4) is 0 Å². The number of rotatable bonds is 5. The van der Waals surface area contributed by atoms with Gasteiger partial charge in [0.15, 0.2) is 0 Å². The van der Waals surface area contributed by atoms with Crippen LogP contribution in [0.25, 0.3) is 0 Å². The van der Waals surface area contributed by atoms with Gasteiger partial charge in [-0.15, -0.1) is 11.3 Å². The summed E-state index contributed by atoms with van der Waals surface area (Å²) in [4.78, 5) is 17.1. The van der Waals surface area contributed by atoms with Crippen molar-refractivity contribution in [2.75, 3.05) is 6.61 Å². The van der Waals surface area contributed by atoms with E-state index in [1.165, 1.54) is 11.1 Å². The average Bonchev–Trinajstić information content (AvgIpc) is 2.73. The predicted octanol–water partition coefficient (Wildman–Crippen LogP) is 3.46. The zero-order valence-corrected chi connectivity index (χ0v) is 12.9. The number of esters is 1. The molecule has 0 spiro atoms. The van der Waals surface area contributed by atoms with Gasteiger partial charge in [-0.2, -0.15) is 0 Å².